The van der Waals surface area contributed by atoms with Gasteiger partial charge in [-0.2, -0.15) is 0 Å². The number of Topliss-reactive ketones (excluding diaryl/α,β-unsaturated/α-hetero) is 1. The molecule has 0 radical (unpaired) electrons. The van der Waals surface area contributed by atoms with E-state index in [1.54, 1.807) is 0 Å². The Morgan fingerprint density at radius 3 is 2.20 bits per heavy atom. The zero-order chi connectivity index (χ0) is 30.8. The van der Waals surface area contributed by atoms with Crippen molar-refractivity contribution in [3.8, 4) is 0 Å². The summed E-state index contributed by atoms with van der Waals surface area (Å²) < 4.78 is 18.5. The molecule has 0 amide bonds. The highest BCUT2D eigenvalue weighted by Gasteiger charge is 2.47. The Balaban J connectivity index is 3.28. The van der Waals surface area contributed by atoms with Crippen LogP contribution in [0.1, 0.15) is 99.8 Å². The van der Waals surface area contributed by atoms with Gasteiger partial charge in [0.05, 0.1) is 19.3 Å². The fourth-order valence-electron chi connectivity index (χ4n) is 4.43. The van der Waals surface area contributed by atoms with E-state index in [0.717, 1.165) is 12.8 Å². The molecule has 0 saturated heterocycles. The van der Waals surface area contributed by atoms with Crippen LogP contribution >= 0.6 is 0 Å². The smallest absolute Gasteiger partial charge is 0.305 e. The predicted octanol–water partition coefficient (Wildman–Crippen LogP) is 9.16. The van der Waals surface area contributed by atoms with Crippen LogP contribution in [0.5, 0.6) is 0 Å². The first-order valence-electron chi connectivity index (χ1n) is 15.4. The van der Waals surface area contributed by atoms with E-state index in [9.17, 15) is 9.59 Å². The molecule has 0 aromatic rings. The summed E-state index contributed by atoms with van der Waals surface area (Å²) in [7, 11) is -2.62. The van der Waals surface area contributed by atoms with Crippen molar-refractivity contribution in [3.63, 3.8) is 0 Å². The summed E-state index contributed by atoms with van der Waals surface area (Å²) in [4.78, 5) is 24.7. The van der Waals surface area contributed by atoms with E-state index in [0.29, 0.717) is 25.7 Å². The van der Waals surface area contributed by atoms with Gasteiger partial charge in [-0.3, -0.25) is 9.59 Å². The van der Waals surface area contributed by atoms with Gasteiger partial charge in [0.2, 0.25) is 0 Å². The summed E-state index contributed by atoms with van der Waals surface area (Å²) in [5, 5.41) is 0.202. The molecule has 0 unspecified atom stereocenters. The van der Waals surface area contributed by atoms with E-state index in [4.69, 9.17) is 13.6 Å². The Hall–Kier alpha value is -1.25. The number of ketones is 1. The normalized spacial score (nSPS) is 21.4. The summed E-state index contributed by atoms with van der Waals surface area (Å²) >= 11 is 0. The lowest BCUT2D eigenvalue weighted by molar-refractivity contribution is -0.140. The quantitative estimate of drug-likeness (QED) is 0.0624. The lowest BCUT2D eigenvalue weighted by Gasteiger charge is -2.40. The highest BCUT2D eigenvalue weighted by atomic mass is 28.4. The minimum absolute atomic E-state index is 0.00596. The third-order valence-electron chi connectivity index (χ3n) is 9.18. The van der Waals surface area contributed by atoms with Crippen molar-refractivity contribution in [1.82, 2.24) is 0 Å². The van der Waals surface area contributed by atoms with Crippen LogP contribution in [-0.4, -0.2) is 47.7 Å². The van der Waals surface area contributed by atoms with Crippen LogP contribution in [0.4, 0.5) is 0 Å². The maximum Gasteiger partial charge on any atom is 0.305 e. The maximum atomic E-state index is 13.4. The molecule has 1 aliphatic rings. The summed E-state index contributed by atoms with van der Waals surface area (Å²) in [5.41, 5.74) is 3.18. The van der Waals surface area contributed by atoms with Crippen LogP contribution in [-0.2, 0) is 23.2 Å². The monoisotopic (exact) mass is 592 g/mol. The Labute approximate surface area is 248 Å². The molecule has 0 bridgehead atoms. The minimum Gasteiger partial charge on any atom is -0.469 e. The molecule has 7 heteroatoms. The van der Waals surface area contributed by atoms with E-state index in [2.05, 4.69) is 92.5 Å². The first-order valence-corrected chi connectivity index (χ1v) is 21.2. The third-order valence-corrected chi connectivity index (χ3v) is 18.2. The number of ether oxygens (including phenoxy) is 1. The summed E-state index contributed by atoms with van der Waals surface area (Å²) in [6, 6.07) is 0. The molecule has 230 valence electrons. The van der Waals surface area contributed by atoms with Crippen LogP contribution < -0.4 is 0 Å². The second-order valence-corrected chi connectivity index (χ2v) is 24.0. The van der Waals surface area contributed by atoms with Gasteiger partial charge in [-0.25, -0.2) is 0 Å². The summed E-state index contributed by atoms with van der Waals surface area (Å²) in [6.45, 7) is 25.0. The molecule has 40 heavy (non-hydrogen) atoms. The van der Waals surface area contributed by atoms with Crippen molar-refractivity contribution in [2.75, 3.05) is 7.11 Å². The largest absolute Gasteiger partial charge is 0.469 e. The van der Waals surface area contributed by atoms with E-state index < -0.39 is 16.6 Å². The molecule has 4 atom stereocenters. The lowest BCUT2D eigenvalue weighted by atomic mass is 9.90. The highest BCUT2D eigenvalue weighted by Crippen LogP contribution is 2.43. The zero-order valence-electron chi connectivity index (χ0n) is 27.8. The second-order valence-electron chi connectivity index (χ2n) is 14.5. The van der Waals surface area contributed by atoms with Crippen molar-refractivity contribution < 1.29 is 23.2 Å². The number of methoxy groups -OCH3 is 1. The van der Waals surface area contributed by atoms with Gasteiger partial charge < -0.3 is 13.6 Å². The topological polar surface area (TPSA) is 61.8 Å². The second kappa shape index (κ2) is 15.8. The fourth-order valence-corrected chi connectivity index (χ4v) is 7.09. The molecule has 1 aliphatic carbocycles. The van der Waals surface area contributed by atoms with Crippen LogP contribution in [0, 0.1) is 11.8 Å². The Bertz CT molecular complexity index is 901. The van der Waals surface area contributed by atoms with Crippen LogP contribution in [0.3, 0.4) is 0 Å². The van der Waals surface area contributed by atoms with E-state index >= 15 is 0 Å². The average Bonchev–Trinajstić information content (AvgIpc) is 3.10. The van der Waals surface area contributed by atoms with Crippen molar-refractivity contribution in [1.29, 1.82) is 0 Å². The summed E-state index contributed by atoms with van der Waals surface area (Å²) in [6.07, 6.45) is 14.7. The molecule has 5 nitrogen and oxygen atoms in total. The zero-order valence-corrected chi connectivity index (χ0v) is 29.8. The standard InChI is InChI=1S/C33H60O5Si2/c1-13-14-17-20-26(37-39(9,10)32(2,3)4)23-24-28-27(21-18-15-16-19-22-31(35)36-8)29(34)25-30(28)38-40(11,12)33(5,6)7/h16,18,23-24,26-28,30H,13-14,17,19-22,25H2,1-12H3/b24-23+/t15?,26-,27+,28+,30+/m0/s1. The Morgan fingerprint density at radius 1 is 1.02 bits per heavy atom. The van der Waals surface area contributed by atoms with Crippen molar-refractivity contribution >= 4 is 28.4 Å². The number of allylic oxidation sites excluding steroid dienone is 1. The first kappa shape index (κ1) is 36.8. The molecule has 0 spiro atoms. The molecule has 1 saturated carbocycles. The maximum absolute atomic E-state index is 13.4. The van der Waals surface area contributed by atoms with Gasteiger partial charge in [-0.15, -0.1) is 5.73 Å². The van der Waals surface area contributed by atoms with Gasteiger partial charge in [0.1, 0.15) is 5.78 Å². The number of carbonyl (C=O) groups excluding carboxylic acids is 2. The van der Waals surface area contributed by atoms with E-state index in [1.807, 2.05) is 12.2 Å². The van der Waals surface area contributed by atoms with Gasteiger partial charge in [0.15, 0.2) is 16.6 Å². The fraction of sp³-hybridized carbons (Fsp3) is 0.788. The van der Waals surface area contributed by atoms with Gasteiger partial charge in [0, 0.05) is 24.7 Å². The SMILES string of the molecule is CCCCC[C@@H](/C=C/[C@H]1[C@H](O[Si](C)(C)C(C)(C)C)CC(=O)[C@@H]1CC=C=CCCC(=O)OC)O[Si](C)(C)C(C)(C)C. The predicted molar refractivity (Wildman–Crippen MR) is 173 cm³/mol. The molecule has 1 fully saturated rings. The molecule has 0 heterocycles. The highest BCUT2D eigenvalue weighted by molar-refractivity contribution is 6.74. The number of esters is 1. The number of rotatable bonds is 15. The molecule has 1 rings (SSSR count). The average molecular weight is 593 g/mol. The molecular formula is C33H60O5Si2. The number of hydrogen-bond acceptors (Lipinski definition) is 5. The molecule has 0 N–H and O–H groups in total. The van der Waals surface area contributed by atoms with Gasteiger partial charge in [-0.05, 0) is 67.7 Å². The minimum atomic E-state index is -2.07. The van der Waals surface area contributed by atoms with E-state index in [1.165, 1.54) is 20.0 Å². The van der Waals surface area contributed by atoms with Crippen LogP contribution in [0.2, 0.25) is 36.3 Å². The Morgan fingerprint density at radius 2 is 1.65 bits per heavy atom. The molecule has 0 aromatic carbocycles. The van der Waals surface area contributed by atoms with Crippen molar-refractivity contribution in [2.45, 2.75) is 148 Å². The van der Waals surface area contributed by atoms with Crippen molar-refractivity contribution in [2.24, 2.45) is 11.8 Å². The number of hydrogen-bond donors (Lipinski definition) is 0. The first-order chi connectivity index (χ1) is 18.4. The van der Waals surface area contributed by atoms with Crippen LogP contribution in [0.25, 0.3) is 0 Å². The summed E-state index contributed by atoms with van der Waals surface area (Å²) in [5.74, 6) is -0.102. The molecule has 0 aromatic heterocycles. The van der Waals surface area contributed by atoms with Gasteiger partial charge in [0.25, 0.3) is 0 Å². The van der Waals surface area contributed by atoms with Gasteiger partial charge in [-0.1, -0.05) is 79.9 Å². The molecule has 0 aliphatic heterocycles. The van der Waals surface area contributed by atoms with Crippen molar-refractivity contribution in [3.05, 3.63) is 30.0 Å². The number of unbranched alkanes of at least 4 members (excludes halogenated alkanes) is 2. The molecular weight excluding hydrogens is 533 g/mol. The lowest BCUT2D eigenvalue weighted by Crippen LogP contribution is -2.45. The number of carbonyl (C=O) groups is 2. The van der Waals surface area contributed by atoms with Crippen LogP contribution in [0.15, 0.2) is 30.0 Å². The third kappa shape index (κ3) is 11.6. The Kier molecular flexibility index (Phi) is 14.6. The van der Waals surface area contributed by atoms with E-state index in [-0.39, 0.29) is 45.9 Å². The van der Waals surface area contributed by atoms with Gasteiger partial charge >= 0.3 is 5.97 Å².